The van der Waals surface area contributed by atoms with Crippen LogP contribution in [0.1, 0.15) is 28.9 Å². The first-order valence-corrected chi connectivity index (χ1v) is 9.62. The van der Waals surface area contributed by atoms with Gasteiger partial charge < -0.3 is 10.6 Å². The largest absolute Gasteiger partial charge is 0.348 e. The number of thiazole rings is 1. The number of nitro groups is 1. The summed E-state index contributed by atoms with van der Waals surface area (Å²) in [6.45, 7) is 3.56. The molecule has 1 aromatic carbocycles. The van der Waals surface area contributed by atoms with E-state index in [1.165, 1.54) is 29.2 Å². The summed E-state index contributed by atoms with van der Waals surface area (Å²) in [7, 11) is 0. The van der Waals surface area contributed by atoms with Crippen LogP contribution >= 0.6 is 23.1 Å². The van der Waals surface area contributed by atoms with Crippen LogP contribution in [0.2, 0.25) is 0 Å². The second-order valence-corrected chi connectivity index (χ2v) is 7.96. The Kier molecular flexibility index (Phi) is 5.67. The first-order chi connectivity index (χ1) is 12.0. The summed E-state index contributed by atoms with van der Waals surface area (Å²) in [5, 5.41) is 19.5. The second-order valence-electron chi connectivity index (χ2n) is 5.81. The molecule has 25 heavy (non-hydrogen) atoms. The molecule has 0 aliphatic carbocycles. The molecule has 1 atom stereocenters. The van der Waals surface area contributed by atoms with E-state index in [2.05, 4.69) is 15.6 Å². The molecule has 9 heteroatoms. The van der Waals surface area contributed by atoms with E-state index in [9.17, 15) is 14.9 Å². The molecule has 1 aliphatic rings. The van der Waals surface area contributed by atoms with E-state index in [1.54, 1.807) is 12.1 Å². The molecule has 0 spiro atoms. The van der Waals surface area contributed by atoms with Gasteiger partial charge >= 0.3 is 0 Å². The Morgan fingerprint density at radius 1 is 1.52 bits per heavy atom. The zero-order valence-corrected chi connectivity index (χ0v) is 15.3. The maximum absolute atomic E-state index is 12.4. The summed E-state index contributed by atoms with van der Waals surface area (Å²) in [5.41, 5.74) is 1.11. The number of rotatable bonds is 5. The first-order valence-electron chi connectivity index (χ1n) is 7.93. The fraction of sp³-hybridized carbons (Fsp3) is 0.375. The van der Waals surface area contributed by atoms with Crippen molar-refractivity contribution in [3.05, 3.63) is 45.0 Å². The van der Waals surface area contributed by atoms with Crippen molar-refractivity contribution in [3.8, 4) is 0 Å². The molecule has 2 N–H and O–H groups in total. The molecule has 3 rings (SSSR count). The van der Waals surface area contributed by atoms with Crippen molar-refractivity contribution in [2.45, 2.75) is 35.0 Å². The van der Waals surface area contributed by atoms with Gasteiger partial charge in [-0.2, -0.15) is 0 Å². The van der Waals surface area contributed by atoms with E-state index in [0.717, 1.165) is 36.0 Å². The summed E-state index contributed by atoms with van der Waals surface area (Å²) in [4.78, 5) is 28.1. The number of aryl methyl sites for hydroxylation is 1. The molecule has 0 bridgehead atoms. The van der Waals surface area contributed by atoms with Crippen molar-refractivity contribution in [3.63, 3.8) is 0 Å². The number of nitrogens with one attached hydrogen (secondary N) is 2. The Hall–Kier alpha value is -1.97. The van der Waals surface area contributed by atoms with Gasteiger partial charge in [0.2, 0.25) is 0 Å². The van der Waals surface area contributed by atoms with E-state index in [0.29, 0.717) is 10.5 Å². The van der Waals surface area contributed by atoms with Crippen molar-refractivity contribution in [1.82, 2.24) is 15.6 Å². The third-order valence-corrected chi connectivity index (χ3v) is 5.97. The molecule has 1 fully saturated rings. The van der Waals surface area contributed by atoms with Gasteiger partial charge in [-0.05, 0) is 38.4 Å². The van der Waals surface area contributed by atoms with Crippen LogP contribution < -0.4 is 10.6 Å². The standard InChI is InChI=1S/C16H18N4O3S2/c1-10-9-24-16(18-10)25-14-5-4-11(7-13(14)20(22)23)15(21)19-12-3-2-6-17-8-12/h4-5,7,9,12,17H,2-3,6,8H2,1H3,(H,19,21). The van der Waals surface area contributed by atoms with E-state index < -0.39 is 4.92 Å². The highest BCUT2D eigenvalue weighted by Gasteiger charge is 2.21. The fourth-order valence-electron chi connectivity index (χ4n) is 2.60. The van der Waals surface area contributed by atoms with Crippen LogP contribution in [0.4, 0.5) is 5.69 Å². The van der Waals surface area contributed by atoms with Crippen molar-refractivity contribution in [1.29, 1.82) is 0 Å². The molecule has 1 saturated heterocycles. The maximum Gasteiger partial charge on any atom is 0.284 e. The number of nitro benzene ring substituents is 1. The lowest BCUT2D eigenvalue weighted by Gasteiger charge is -2.23. The van der Waals surface area contributed by atoms with Gasteiger partial charge in [0.15, 0.2) is 4.34 Å². The molecule has 2 aromatic rings. The Balaban J connectivity index is 1.78. The lowest BCUT2D eigenvalue weighted by Crippen LogP contribution is -2.45. The van der Waals surface area contributed by atoms with E-state index in [4.69, 9.17) is 0 Å². The average molecular weight is 378 g/mol. The fourth-order valence-corrected chi connectivity index (χ4v) is 4.48. The zero-order chi connectivity index (χ0) is 17.8. The third kappa shape index (κ3) is 4.56. The van der Waals surface area contributed by atoms with Crippen LogP contribution in [0, 0.1) is 17.0 Å². The molecular weight excluding hydrogens is 360 g/mol. The molecule has 0 radical (unpaired) electrons. The van der Waals surface area contributed by atoms with Gasteiger partial charge in [-0.15, -0.1) is 11.3 Å². The molecule has 2 heterocycles. The molecule has 1 aliphatic heterocycles. The lowest BCUT2D eigenvalue weighted by atomic mass is 10.1. The molecule has 1 unspecified atom stereocenters. The van der Waals surface area contributed by atoms with E-state index >= 15 is 0 Å². The van der Waals surface area contributed by atoms with Crippen molar-refractivity contribution >= 4 is 34.7 Å². The topological polar surface area (TPSA) is 97.2 Å². The molecule has 1 aromatic heterocycles. The predicted molar refractivity (Wildman–Crippen MR) is 97.4 cm³/mol. The van der Waals surface area contributed by atoms with Gasteiger partial charge in [-0.25, -0.2) is 4.98 Å². The summed E-state index contributed by atoms with van der Waals surface area (Å²) < 4.78 is 0.742. The van der Waals surface area contributed by atoms with Gasteiger partial charge in [0, 0.05) is 35.3 Å². The van der Waals surface area contributed by atoms with Crippen LogP contribution in [0.15, 0.2) is 32.8 Å². The molecule has 0 saturated carbocycles. The lowest BCUT2D eigenvalue weighted by molar-refractivity contribution is -0.387. The predicted octanol–water partition coefficient (Wildman–Crippen LogP) is 2.99. The van der Waals surface area contributed by atoms with Gasteiger partial charge in [0.1, 0.15) is 0 Å². The SMILES string of the molecule is Cc1csc(Sc2ccc(C(=O)NC3CCCNC3)cc2[N+](=O)[O-])n1. The first kappa shape index (κ1) is 17.8. The number of piperidine rings is 1. The quantitative estimate of drug-likeness (QED) is 0.613. The number of carbonyl (C=O) groups is 1. The van der Waals surface area contributed by atoms with Gasteiger partial charge in [-0.1, -0.05) is 11.8 Å². The Bertz CT molecular complexity index is 787. The molecule has 1 amide bonds. The smallest absolute Gasteiger partial charge is 0.284 e. The molecule has 132 valence electrons. The van der Waals surface area contributed by atoms with Crippen molar-refractivity contribution < 1.29 is 9.72 Å². The number of hydrogen-bond acceptors (Lipinski definition) is 7. The minimum atomic E-state index is -0.457. The number of amides is 1. The summed E-state index contributed by atoms with van der Waals surface area (Å²) in [6.07, 6.45) is 1.92. The maximum atomic E-state index is 12.4. The van der Waals surface area contributed by atoms with Crippen LogP contribution in [0.3, 0.4) is 0 Å². The second kappa shape index (κ2) is 7.94. The number of nitrogens with zero attached hydrogens (tertiary/aromatic N) is 2. The third-order valence-electron chi connectivity index (χ3n) is 3.85. The van der Waals surface area contributed by atoms with Crippen LogP contribution in [-0.2, 0) is 0 Å². The minimum absolute atomic E-state index is 0.0626. The van der Waals surface area contributed by atoms with Gasteiger partial charge in [-0.3, -0.25) is 14.9 Å². The monoisotopic (exact) mass is 378 g/mol. The van der Waals surface area contributed by atoms with Gasteiger partial charge in [0.05, 0.1) is 9.82 Å². The highest BCUT2D eigenvalue weighted by Crippen LogP contribution is 2.36. The Labute approximate surface area is 153 Å². The highest BCUT2D eigenvalue weighted by atomic mass is 32.2. The number of aromatic nitrogens is 1. The molecule has 7 nitrogen and oxygen atoms in total. The number of benzene rings is 1. The average Bonchev–Trinajstić information content (AvgIpc) is 3.00. The van der Waals surface area contributed by atoms with Crippen LogP contribution in [0.5, 0.6) is 0 Å². The summed E-state index contributed by atoms with van der Waals surface area (Å²) >= 11 is 2.69. The Morgan fingerprint density at radius 2 is 2.36 bits per heavy atom. The Morgan fingerprint density at radius 3 is 3.00 bits per heavy atom. The van der Waals surface area contributed by atoms with E-state index in [1.807, 2.05) is 12.3 Å². The van der Waals surface area contributed by atoms with Crippen LogP contribution in [-0.4, -0.2) is 34.9 Å². The number of carbonyl (C=O) groups excluding carboxylic acids is 1. The summed E-state index contributed by atoms with van der Waals surface area (Å²) in [6, 6.07) is 4.65. The minimum Gasteiger partial charge on any atom is -0.348 e. The molecular formula is C16H18N4O3S2. The highest BCUT2D eigenvalue weighted by molar-refractivity contribution is 8.01. The van der Waals surface area contributed by atoms with Gasteiger partial charge in [0.25, 0.3) is 11.6 Å². The van der Waals surface area contributed by atoms with Crippen LogP contribution in [0.25, 0.3) is 0 Å². The number of hydrogen-bond donors (Lipinski definition) is 2. The zero-order valence-electron chi connectivity index (χ0n) is 13.7. The van der Waals surface area contributed by atoms with E-state index in [-0.39, 0.29) is 17.6 Å². The summed E-state index contributed by atoms with van der Waals surface area (Å²) in [5.74, 6) is -0.279. The van der Waals surface area contributed by atoms with Crippen molar-refractivity contribution in [2.24, 2.45) is 0 Å². The normalized spacial score (nSPS) is 17.2. The van der Waals surface area contributed by atoms with Crippen molar-refractivity contribution in [2.75, 3.05) is 13.1 Å².